The van der Waals surface area contributed by atoms with Gasteiger partial charge in [-0.3, -0.25) is 9.78 Å². The van der Waals surface area contributed by atoms with Gasteiger partial charge in [0.25, 0.3) is 0 Å². The van der Waals surface area contributed by atoms with Crippen LogP contribution in [0.15, 0.2) is 18.3 Å². The van der Waals surface area contributed by atoms with E-state index in [4.69, 9.17) is 14.0 Å². The summed E-state index contributed by atoms with van der Waals surface area (Å²) in [7, 11) is -0.475. The molecule has 118 valence electrons. The highest BCUT2D eigenvalue weighted by Crippen LogP contribution is 2.36. The van der Waals surface area contributed by atoms with Gasteiger partial charge in [-0.15, -0.1) is 0 Å². The van der Waals surface area contributed by atoms with Gasteiger partial charge < -0.3 is 14.0 Å². The van der Waals surface area contributed by atoms with Gasteiger partial charge in [0.05, 0.1) is 35.9 Å². The monoisotopic (exact) mass is 303 g/mol. The number of pyridine rings is 1. The number of hydrogen-bond donors (Lipinski definition) is 0. The number of carbonyl (C=O) groups excluding carboxylic acids is 1. The third-order valence-corrected chi connectivity index (χ3v) is 4.87. The third kappa shape index (κ3) is 2.71. The molecule has 0 aromatic carbocycles. The maximum absolute atomic E-state index is 11.9. The summed E-state index contributed by atoms with van der Waals surface area (Å²) >= 11 is 0. The van der Waals surface area contributed by atoms with Crippen molar-refractivity contribution in [3.63, 3.8) is 0 Å². The predicted molar refractivity (Wildman–Crippen MR) is 83.1 cm³/mol. The van der Waals surface area contributed by atoms with Crippen molar-refractivity contribution in [2.45, 2.75) is 51.2 Å². The summed E-state index contributed by atoms with van der Waals surface area (Å²) < 4.78 is 17.4. The van der Waals surface area contributed by atoms with Gasteiger partial charge in [0, 0.05) is 12.6 Å². The predicted octanol–water partition coefficient (Wildman–Crippen LogP) is 1.45. The summed E-state index contributed by atoms with van der Waals surface area (Å²) in [5.74, 6) is 0.0185. The van der Waals surface area contributed by atoms with Gasteiger partial charge in [0.1, 0.15) is 5.78 Å². The second-order valence-electron chi connectivity index (χ2n) is 6.95. The molecule has 0 bridgehead atoms. The van der Waals surface area contributed by atoms with E-state index in [1.807, 2.05) is 39.8 Å². The summed E-state index contributed by atoms with van der Waals surface area (Å²) in [6.07, 6.45) is 2.21. The highest BCUT2D eigenvalue weighted by atomic mass is 16.7. The topological polar surface area (TPSA) is 57.7 Å². The van der Waals surface area contributed by atoms with E-state index in [0.717, 1.165) is 11.2 Å². The molecule has 22 heavy (non-hydrogen) atoms. The van der Waals surface area contributed by atoms with Crippen LogP contribution in [0, 0.1) is 0 Å². The first-order valence-corrected chi connectivity index (χ1v) is 7.72. The van der Waals surface area contributed by atoms with Crippen LogP contribution in [0.5, 0.6) is 0 Å². The van der Waals surface area contributed by atoms with Crippen molar-refractivity contribution in [3.05, 3.63) is 23.9 Å². The molecular weight excluding hydrogens is 281 g/mol. The second kappa shape index (κ2) is 5.44. The van der Waals surface area contributed by atoms with Crippen molar-refractivity contribution in [2.24, 2.45) is 0 Å². The Kier molecular flexibility index (Phi) is 3.87. The first-order chi connectivity index (χ1) is 10.3. The molecule has 2 saturated heterocycles. The van der Waals surface area contributed by atoms with Crippen LogP contribution in [0.1, 0.15) is 45.6 Å². The van der Waals surface area contributed by atoms with Crippen LogP contribution >= 0.6 is 0 Å². The summed E-state index contributed by atoms with van der Waals surface area (Å²) in [6.45, 7) is 9.02. The molecule has 0 amide bonds. The molecule has 1 aromatic rings. The summed E-state index contributed by atoms with van der Waals surface area (Å²) in [4.78, 5) is 16.4. The van der Waals surface area contributed by atoms with Crippen LogP contribution in [0.4, 0.5) is 0 Å². The van der Waals surface area contributed by atoms with Gasteiger partial charge in [-0.25, -0.2) is 0 Å². The van der Waals surface area contributed by atoms with E-state index in [1.54, 1.807) is 6.20 Å². The standard InChI is InChI=1S/C16H22BNO4/c1-15(2)16(3,4)22-17(21-15)14-6-5-11(9-18-14)12-10-20-8-7-13(12)19/h5-6,9,12H,7-8,10H2,1-4H3. The maximum Gasteiger partial charge on any atom is 0.514 e. The average Bonchev–Trinajstić information content (AvgIpc) is 2.68. The molecule has 2 aliphatic rings. The zero-order valence-electron chi connectivity index (χ0n) is 13.6. The normalized spacial score (nSPS) is 27.2. The summed E-state index contributed by atoms with van der Waals surface area (Å²) in [5, 5.41) is 0. The largest absolute Gasteiger partial charge is 0.514 e. The van der Waals surface area contributed by atoms with Crippen molar-refractivity contribution in [3.8, 4) is 0 Å². The van der Waals surface area contributed by atoms with Crippen LogP contribution in [0.2, 0.25) is 0 Å². The van der Waals surface area contributed by atoms with E-state index in [0.29, 0.717) is 19.6 Å². The lowest BCUT2D eigenvalue weighted by atomic mass is 9.83. The molecule has 1 atom stereocenters. The maximum atomic E-state index is 11.9. The molecule has 0 saturated carbocycles. The fraction of sp³-hybridized carbons (Fsp3) is 0.625. The minimum atomic E-state index is -0.475. The molecule has 0 N–H and O–H groups in total. The quantitative estimate of drug-likeness (QED) is 0.774. The molecule has 6 heteroatoms. The Morgan fingerprint density at radius 2 is 1.86 bits per heavy atom. The lowest BCUT2D eigenvalue weighted by Gasteiger charge is -2.32. The fourth-order valence-electron chi connectivity index (χ4n) is 2.65. The second-order valence-corrected chi connectivity index (χ2v) is 6.95. The minimum Gasteiger partial charge on any atom is -0.398 e. The molecule has 2 fully saturated rings. The Bertz CT molecular complexity index is 554. The van der Waals surface area contributed by atoms with E-state index in [9.17, 15) is 4.79 Å². The lowest BCUT2D eigenvalue weighted by molar-refractivity contribution is -0.126. The Hall–Kier alpha value is -1.24. The zero-order valence-corrected chi connectivity index (χ0v) is 13.6. The first-order valence-electron chi connectivity index (χ1n) is 7.72. The van der Waals surface area contributed by atoms with Gasteiger partial charge in [-0.2, -0.15) is 0 Å². The van der Waals surface area contributed by atoms with Crippen molar-refractivity contribution >= 4 is 18.5 Å². The number of aromatic nitrogens is 1. The Balaban J connectivity index is 1.76. The summed E-state index contributed by atoms with van der Waals surface area (Å²) in [5.41, 5.74) is 0.854. The lowest BCUT2D eigenvalue weighted by Crippen LogP contribution is -2.41. The molecule has 5 nitrogen and oxygen atoms in total. The van der Waals surface area contributed by atoms with Gasteiger partial charge in [0.15, 0.2) is 0 Å². The van der Waals surface area contributed by atoms with Gasteiger partial charge in [-0.1, -0.05) is 6.07 Å². The highest BCUT2D eigenvalue weighted by Gasteiger charge is 2.52. The SMILES string of the molecule is CC1(C)OB(c2ccc(C3COCCC3=O)cn2)OC1(C)C. The number of ether oxygens (including phenoxy) is 1. The van der Waals surface area contributed by atoms with Gasteiger partial charge in [-0.05, 0) is 39.3 Å². The highest BCUT2D eigenvalue weighted by molar-refractivity contribution is 6.61. The molecule has 0 radical (unpaired) electrons. The number of nitrogens with zero attached hydrogens (tertiary/aromatic N) is 1. The van der Waals surface area contributed by atoms with E-state index in [-0.39, 0.29) is 22.9 Å². The van der Waals surface area contributed by atoms with Crippen molar-refractivity contribution < 1.29 is 18.8 Å². The van der Waals surface area contributed by atoms with Crippen molar-refractivity contribution in [2.75, 3.05) is 13.2 Å². The molecule has 1 unspecified atom stereocenters. The Morgan fingerprint density at radius 1 is 1.18 bits per heavy atom. The molecule has 1 aromatic heterocycles. The van der Waals surface area contributed by atoms with E-state index < -0.39 is 7.12 Å². The van der Waals surface area contributed by atoms with Crippen molar-refractivity contribution in [1.82, 2.24) is 4.98 Å². The smallest absolute Gasteiger partial charge is 0.398 e. The molecular formula is C16H22BNO4. The Morgan fingerprint density at radius 3 is 2.41 bits per heavy atom. The zero-order chi connectivity index (χ0) is 16.0. The van der Waals surface area contributed by atoms with E-state index >= 15 is 0 Å². The molecule has 3 rings (SSSR count). The number of hydrogen-bond acceptors (Lipinski definition) is 5. The molecule has 0 aliphatic carbocycles. The van der Waals surface area contributed by atoms with Gasteiger partial charge >= 0.3 is 7.12 Å². The molecule has 2 aliphatic heterocycles. The van der Waals surface area contributed by atoms with Crippen LogP contribution in [-0.2, 0) is 18.8 Å². The molecule has 0 spiro atoms. The van der Waals surface area contributed by atoms with Crippen LogP contribution < -0.4 is 5.59 Å². The van der Waals surface area contributed by atoms with Crippen LogP contribution in [0.25, 0.3) is 0 Å². The van der Waals surface area contributed by atoms with E-state index in [1.165, 1.54) is 0 Å². The minimum absolute atomic E-state index is 0.200. The van der Waals surface area contributed by atoms with Crippen LogP contribution in [-0.4, -0.2) is 42.3 Å². The Labute approximate surface area is 131 Å². The van der Waals surface area contributed by atoms with Gasteiger partial charge in [0.2, 0.25) is 0 Å². The first kappa shape index (κ1) is 15.7. The number of ketones is 1. The van der Waals surface area contributed by atoms with Crippen molar-refractivity contribution in [1.29, 1.82) is 0 Å². The molecule has 3 heterocycles. The van der Waals surface area contributed by atoms with Crippen LogP contribution in [0.3, 0.4) is 0 Å². The fourth-order valence-corrected chi connectivity index (χ4v) is 2.65. The number of carbonyl (C=O) groups is 1. The van der Waals surface area contributed by atoms with E-state index in [2.05, 4.69) is 4.98 Å². The number of rotatable bonds is 2. The third-order valence-electron chi connectivity index (χ3n) is 4.87. The average molecular weight is 303 g/mol. The number of Topliss-reactive ketones (excluding diaryl/α,β-unsaturated/α-hetero) is 1. The summed E-state index contributed by atoms with van der Waals surface area (Å²) in [6, 6.07) is 3.80.